The molecule has 0 radical (unpaired) electrons. The van der Waals surface area contributed by atoms with Crippen molar-refractivity contribution in [3.8, 4) is 17.2 Å². The van der Waals surface area contributed by atoms with Crippen LogP contribution >= 0.6 is 0 Å². The van der Waals surface area contributed by atoms with Gasteiger partial charge in [-0.05, 0) is 41.3 Å². The second-order valence-corrected chi connectivity index (χ2v) is 11.2. The number of nitrogens with zero attached hydrogens (tertiary/aromatic N) is 2. The molecule has 11 heteroatoms. The number of nitrogens with one attached hydrogen (secondary N) is 1. The zero-order valence-corrected chi connectivity index (χ0v) is 23.4. The topological polar surface area (TPSA) is 126 Å². The van der Waals surface area contributed by atoms with Gasteiger partial charge < -0.3 is 15.2 Å². The van der Waals surface area contributed by atoms with Gasteiger partial charge in [-0.15, -0.1) is 0 Å². The fourth-order valence-electron chi connectivity index (χ4n) is 4.34. The highest BCUT2D eigenvalue weighted by molar-refractivity contribution is 7.89. The molecule has 3 aromatic carbocycles. The number of halogens is 1. The molecule has 4 aromatic rings. The molecule has 0 spiro atoms. The van der Waals surface area contributed by atoms with Gasteiger partial charge in [-0.25, -0.2) is 22.2 Å². The van der Waals surface area contributed by atoms with E-state index in [0.29, 0.717) is 17.1 Å². The number of hydrogen-bond acceptors (Lipinski definition) is 6. The number of sulfonamides is 1. The third-order valence-corrected chi connectivity index (χ3v) is 8.00. The van der Waals surface area contributed by atoms with E-state index in [1.165, 1.54) is 49.2 Å². The highest BCUT2D eigenvalue weighted by Crippen LogP contribution is 2.32. The van der Waals surface area contributed by atoms with Crippen molar-refractivity contribution in [2.75, 3.05) is 14.2 Å². The average molecular weight is 567 g/mol. The monoisotopic (exact) mass is 566 g/mol. The summed E-state index contributed by atoms with van der Waals surface area (Å²) in [5, 5.41) is 4.37. The van der Waals surface area contributed by atoms with Gasteiger partial charge in [-0.3, -0.25) is 4.79 Å². The Bertz CT molecular complexity index is 1640. The summed E-state index contributed by atoms with van der Waals surface area (Å²) in [6.45, 7) is 3.90. The van der Waals surface area contributed by atoms with Crippen LogP contribution in [0.3, 0.4) is 0 Å². The van der Waals surface area contributed by atoms with Crippen LogP contribution in [-0.2, 0) is 21.4 Å². The molecule has 3 N–H and O–H groups in total. The Hall–Kier alpha value is -4.22. The highest BCUT2D eigenvalue weighted by atomic mass is 32.2. The number of benzene rings is 3. The quantitative estimate of drug-likeness (QED) is 0.280. The summed E-state index contributed by atoms with van der Waals surface area (Å²) >= 11 is 0. The molecule has 0 fully saturated rings. The van der Waals surface area contributed by atoms with Gasteiger partial charge in [0.05, 0.1) is 32.0 Å². The molecule has 9 nitrogen and oxygen atoms in total. The molecule has 1 aromatic heterocycles. The van der Waals surface area contributed by atoms with E-state index >= 15 is 0 Å². The third-order valence-electron chi connectivity index (χ3n) is 6.57. The second kappa shape index (κ2) is 11.9. The Morgan fingerprint density at radius 1 is 1.05 bits per heavy atom. The van der Waals surface area contributed by atoms with Crippen molar-refractivity contribution in [1.82, 2.24) is 14.5 Å². The van der Waals surface area contributed by atoms with Gasteiger partial charge >= 0.3 is 0 Å². The molecule has 0 aliphatic rings. The molecule has 0 bridgehead atoms. The number of hydrogen-bond donors (Lipinski definition) is 2. The van der Waals surface area contributed by atoms with Crippen molar-refractivity contribution in [3.05, 3.63) is 101 Å². The van der Waals surface area contributed by atoms with E-state index in [1.54, 1.807) is 42.7 Å². The van der Waals surface area contributed by atoms with E-state index in [0.717, 1.165) is 5.56 Å². The number of carbonyl (C=O) groups is 1. The number of primary amides is 1. The van der Waals surface area contributed by atoms with Crippen LogP contribution in [0.1, 0.15) is 47.9 Å². The van der Waals surface area contributed by atoms with Gasteiger partial charge in [0.2, 0.25) is 15.9 Å². The zero-order valence-electron chi connectivity index (χ0n) is 22.6. The predicted molar refractivity (Wildman–Crippen MR) is 149 cm³/mol. The first-order valence-electron chi connectivity index (χ1n) is 12.5. The Morgan fingerprint density at radius 3 is 2.42 bits per heavy atom. The van der Waals surface area contributed by atoms with Gasteiger partial charge in [0.1, 0.15) is 22.2 Å². The van der Waals surface area contributed by atoms with Crippen LogP contribution in [0.4, 0.5) is 4.39 Å². The van der Waals surface area contributed by atoms with Crippen LogP contribution in [0.5, 0.6) is 11.5 Å². The third kappa shape index (κ3) is 6.00. The van der Waals surface area contributed by atoms with Crippen LogP contribution in [0.2, 0.25) is 0 Å². The molecule has 1 unspecified atom stereocenters. The maximum atomic E-state index is 14.7. The summed E-state index contributed by atoms with van der Waals surface area (Å²) < 4.78 is 57.0. The molecular weight excluding hydrogens is 535 g/mol. The fourth-order valence-corrected chi connectivity index (χ4v) is 5.57. The standard InChI is InChI=1S/C29H31FN4O5S/c1-18(2)21-15-32-34(17-21)25-12-10-19(28(29(31)35)23-7-5-6-8-24(23)30)13-27(25)40(36,37)33-16-20-9-11-22(38-3)14-26(20)39-4/h5-15,17-18,28,33H,16H2,1-4H3,(H2,31,35). The lowest BCUT2D eigenvalue weighted by Crippen LogP contribution is -2.27. The number of amides is 1. The molecule has 4 rings (SSSR count). The van der Waals surface area contributed by atoms with Gasteiger partial charge in [-0.2, -0.15) is 5.10 Å². The van der Waals surface area contributed by atoms with E-state index in [1.807, 2.05) is 13.8 Å². The van der Waals surface area contributed by atoms with E-state index in [9.17, 15) is 17.6 Å². The highest BCUT2D eigenvalue weighted by Gasteiger charge is 2.28. The molecule has 0 saturated heterocycles. The lowest BCUT2D eigenvalue weighted by atomic mass is 9.90. The van der Waals surface area contributed by atoms with E-state index < -0.39 is 27.7 Å². The van der Waals surface area contributed by atoms with Crippen molar-refractivity contribution in [3.63, 3.8) is 0 Å². The summed E-state index contributed by atoms with van der Waals surface area (Å²) in [5.74, 6) is -1.50. The summed E-state index contributed by atoms with van der Waals surface area (Å²) in [6, 6.07) is 15.2. The fraction of sp³-hybridized carbons (Fsp3) is 0.241. The number of carbonyl (C=O) groups excluding carboxylic acids is 1. The molecule has 0 aliphatic heterocycles. The van der Waals surface area contributed by atoms with Crippen molar-refractivity contribution < 1.29 is 27.1 Å². The average Bonchev–Trinajstić information content (AvgIpc) is 3.43. The molecule has 0 aliphatic carbocycles. The minimum Gasteiger partial charge on any atom is -0.497 e. The maximum absolute atomic E-state index is 14.7. The lowest BCUT2D eigenvalue weighted by Gasteiger charge is -2.19. The van der Waals surface area contributed by atoms with E-state index in [4.69, 9.17) is 15.2 Å². The Balaban J connectivity index is 1.82. The lowest BCUT2D eigenvalue weighted by molar-refractivity contribution is -0.118. The number of methoxy groups -OCH3 is 2. The number of rotatable bonds is 11. The zero-order chi connectivity index (χ0) is 29.0. The van der Waals surface area contributed by atoms with Crippen LogP contribution in [-0.4, -0.2) is 38.3 Å². The van der Waals surface area contributed by atoms with E-state index in [2.05, 4.69) is 9.82 Å². The van der Waals surface area contributed by atoms with Gasteiger partial charge in [0.25, 0.3) is 0 Å². The Labute approximate surface area is 232 Å². The Morgan fingerprint density at radius 2 is 1.80 bits per heavy atom. The van der Waals surface area contributed by atoms with Crippen LogP contribution < -0.4 is 19.9 Å². The maximum Gasteiger partial charge on any atom is 0.243 e. The molecule has 40 heavy (non-hydrogen) atoms. The Kier molecular flexibility index (Phi) is 8.55. The predicted octanol–water partition coefficient (Wildman–Crippen LogP) is 4.25. The van der Waals surface area contributed by atoms with Crippen molar-refractivity contribution >= 4 is 15.9 Å². The first-order chi connectivity index (χ1) is 19.1. The molecule has 0 saturated carbocycles. The summed E-state index contributed by atoms with van der Waals surface area (Å²) in [6.07, 6.45) is 3.41. The molecule has 1 amide bonds. The number of aromatic nitrogens is 2. The summed E-state index contributed by atoms with van der Waals surface area (Å²) in [7, 11) is -1.21. The molecular formula is C29H31FN4O5S. The van der Waals surface area contributed by atoms with Crippen molar-refractivity contribution in [2.24, 2.45) is 5.73 Å². The first-order valence-corrected chi connectivity index (χ1v) is 14.0. The summed E-state index contributed by atoms with van der Waals surface area (Å²) in [5.41, 5.74) is 7.69. The molecule has 1 atom stereocenters. The van der Waals surface area contributed by atoms with Crippen molar-refractivity contribution in [1.29, 1.82) is 0 Å². The SMILES string of the molecule is COc1ccc(CNS(=O)(=O)c2cc(C(C(N)=O)c3ccccc3F)ccc2-n2cc(C(C)C)cn2)c(OC)c1. The van der Waals surface area contributed by atoms with Crippen LogP contribution in [0.25, 0.3) is 5.69 Å². The minimum atomic E-state index is -4.21. The first kappa shape index (κ1) is 28.8. The molecule has 210 valence electrons. The van der Waals surface area contributed by atoms with Gasteiger partial charge in [-0.1, -0.05) is 44.2 Å². The van der Waals surface area contributed by atoms with E-state index in [-0.39, 0.29) is 34.2 Å². The van der Waals surface area contributed by atoms with Crippen LogP contribution in [0.15, 0.2) is 78.0 Å². The largest absolute Gasteiger partial charge is 0.497 e. The van der Waals surface area contributed by atoms with Crippen molar-refractivity contribution in [2.45, 2.75) is 37.1 Å². The smallest absolute Gasteiger partial charge is 0.243 e. The summed E-state index contributed by atoms with van der Waals surface area (Å²) in [4.78, 5) is 12.4. The second-order valence-electron chi connectivity index (χ2n) is 9.46. The minimum absolute atomic E-state index is 0.0446. The van der Waals surface area contributed by atoms with Crippen LogP contribution in [0, 0.1) is 5.82 Å². The van der Waals surface area contributed by atoms with Gasteiger partial charge in [0.15, 0.2) is 0 Å². The normalized spacial score (nSPS) is 12.3. The van der Waals surface area contributed by atoms with Gasteiger partial charge in [0, 0.05) is 29.9 Å². The molecule has 1 heterocycles. The number of nitrogens with two attached hydrogens (primary N) is 1. The number of ether oxygens (including phenoxy) is 2.